The van der Waals surface area contributed by atoms with Crippen LogP contribution in [0.25, 0.3) is 0 Å². The van der Waals surface area contributed by atoms with E-state index in [1.54, 1.807) is 7.05 Å². The van der Waals surface area contributed by atoms with Crippen molar-refractivity contribution in [3.8, 4) is 0 Å². The molecule has 0 bridgehead atoms. The van der Waals surface area contributed by atoms with E-state index in [1.807, 2.05) is 0 Å². The van der Waals surface area contributed by atoms with Crippen LogP contribution in [0.15, 0.2) is 0 Å². The summed E-state index contributed by atoms with van der Waals surface area (Å²) < 4.78 is 0. The van der Waals surface area contributed by atoms with Crippen LogP contribution in [0.1, 0.15) is 19.3 Å². The molecule has 5 nitrogen and oxygen atoms in total. The van der Waals surface area contributed by atoms with E-state index in [2.05, 4.69) is 16.0 Å². The normalized spacial score (nSPS) is 17.1. The highest BCUT2D eigenvalue weighted by Crippen LogP contribution is 2.10. The van der Waals surface area contributed by atoms with Gasteiger partial charge >= 0.3 is 0 Å². The van der Waals surface area contributed by atoms with Crippen LogP contribution in [-0.4, -0.2) is 38.5 Å². The van der Waals surface area contributed by atoms with Crippen LogP contribution in [0, 0.1) is 5.92 Å². The fourth-order valence-corrected chi connectivity index (χ4v) is 1.65. The number of hydrogen-bond donors (Lipinski definition) is 3. The second-order valence-electron chi connectivity index (χ2n) is 3.74. The molecule has 0 radical (unpaired) electrons. The molecule has 15 heavy (non-hydrogen) atoms. The number of hydrogen-bond acceptors (Lipinski definition) is 3. The topological polar surface area (TPSA) is 70.2 Å². The molecule has 0 aromatic carbocycles. The molecule has 0 aromatic rings. The molecule has 3 N–H and O–H groups in total. The molecular formula is C10H19N3O2. The van der Waals surface area contributed by atoms with E-state index in [0.717, 1.165) is 25.9 Å². The Labute approximate surface area is 90.0 Å². The van der Waals surface area contributed by atoms with E-state index in [4.69, 9.17) is 0 Å². The summed E-state index contributed by atoms with van der Waals surface area (Å²) in [5.41, 5.74) is 0. The lowest BCUT2D eigenvalue weighted by molar-refractivity contribution is -0.126. The zero-order valence-electron chi connectivity index (χ0n) is 9.14. The van der Waals surface area contributed by atoms with Crippen LogP contribution in [0.2, 0.25) is 0 Å². The summed E-state index contributed by atoms with van der Waals surface area (Å²) in [6, 6.07) is 0. The predicted molar refractivity (Wildman–Crippen MR) is 57.3 cm³/mol. The molecule has 1 saturated heterocycles. The number of nitrogens with one attached hydrogen (secondary N) is 3. The van der Waals surface area contributed by atoms with Crippen molar-refractivity contribution in [3.63, 3.8) is 0 Å². The molecule has 0 spiro atoms. The first-order valence-corrected chi connectivity index (χ1v) is 5.43. The summed E-state index contributed by atoms with van der Waals surface area (Å²) in [4.78, 5) is 22.5. The molecule has 5 heteroatoms. The highest BCUT2D eigenvalue weighted by Gasteiger charge is 2.20. The zero-order valence-corrected chi connectivity index (χ0v) is 9.14. The first kappa shape index (κ1) is 12.0. The second-order valence-corrected chi connectivity index (χ2v) is 3.74. The van der Waals surface area contributed by atoms with Crippen molar-refractivity contribution in [3.05, 3.63) is 0 Å². The summed E-state index contributed by atoms with van der Waals surface area (Å²) in [6.07, 6.45) is 2.14. The predicted octanol–water partition coefficient (Wildman–Crippen LogP) is -0.762. The number of carbonyl (C=O) groups excluding carboxylic acids is 2. The van der Waals surface area contributed by atoms with Crippen LogP contribution in [-0.2, 0) is 9.59 Å². The maximum atomic E-state index is 11.6. The Bertz CT molecular complexity index is 225. The van der Waals surface area contributed by atoms with Gasteiger partial charge in [-0.15, -0.1) is 0 Å². The molecule has 0 aromatic heterocycles. The zero-order chi connectivity index (χ0) is 11.1. The van der Waals surface area contributed by atoms with E-state index in [0.29, 0.717) is 13.0 Å². The van der Waals surface area contributed by atoms with Gasteiger partial charge in [-0.2, -0.15) is 0 Å². The number of piperidine rings is 1. The van der Waals surface area contributed by atoms with Crippen LogP contribution >= 0.6 is 0 Å². The number of rotatable bonds is 4. The van der Waals surface area contributed by atoms with Gasteiger partial charge in [0.2, 0.25) is 11.8 Å². The summed E-state index contributed by atoms with van der Waals surface area (Å²) in [5.74, 6) is 0.164. The van der Waals surface area contributed by atoms with Crippen molar-refractivity contribution in [2.45, 2.75) is 19.3 Å². The number of amides is 2. The molecule has 0 unspecified atom stereocenters. The van der Waals surface area contributed by atoms with Gasteiger partial charge < -0.3 is 16.0 Å². The second kappa shape index (κ2) is 6.40. The van der Waals surface area contributed by atoms with Crippen molar-refractivity contribution < 1.29 is 9.59 Å². The summed E-state index contributed by atoms with van der Waals surface area (Å²) >= 11 is 0. The Hall–Kier alpha value is -1.10. The quantitative estimate of drug-likeness (QED) is 0.575. The number of carbonyl (C=O) groups is 2. The highest BCUT2D eigenvalue weighted by molar-refractivity contribution is 5.80. The summed E-state index contributed by atoms with van der Waals surface area (Å²) in [5, 5.41) is 8.52. The third kappa shape index (κ3) is 4.29. The van der Waals surface area contributed by atoms with E-state index >= 15 is 0 Å². The van der Waals surface area contributed by atoms with E-state index in [1.165, 1.54) is 0 Å². The van der Waals surface area contributed by atoms with Gasteiger partial charge in [0.25, 0.3) is 0 Å². The maximum Gasteiger partial charge on any atom is 0.223 e. The summed E-state index contributed by atoms with van der Waals surface area (Å²) in [6.45, 7) is 2.25. The van der Waals surface area contributed by atoms with E-state index in [9.17, 15) is 9.59 Å². The third-order valence-corrected chi connectivity index (χ3v) is 2.64. The van der Waals surface area contributed by atoms with Crippen molar-refractivity contribution >= 4 is 11.8 Å². The Morgan fingerprint density at radius 3 is 2.60 bits per heavy atom. The molecule has 1 heterocycles. The van der Waals surface area contributed by atoms with Crippen molar-refractivity contribution in [1.29, 1.82) is 0 Å². The lowest BCUT2D eigenvalue weighted by Crippen LogP contribution is -2.39. The SMILES string of the molecule is CNC(=O)CCNC(=O)C1CCNCC1. The molecular weight excluding hydrogens is 194 g/mol. The minimum atomic E-state index is -0.0411. The van der Waals surface area contributed by atoms with Crippen LogP contribution < -0.4 is 16.0 Å². The van der Waals surface area contributed by atoms with Gasteiger partial charge in [-0.1, -0.05) is 0 Å². The molecule has 0 atom stereocenters. The third-order valence-electron chi connectivity index (χ3n) is 2.64. The van der Waals surface area contributed by atoms with Gasteiger partial charge in [0.05, 0.1) is 0 Å². The molecule has 1 fully saturated rings. The van der Waals surface area contributed by atoms with E-state index < -0.39 is 0 Å². The maximum absolute atomic E-state index is 11.6. The Balaban J connectivity index is 2.14. The molecule has 1 aliphatic heterocycles. The Kier molecular flexibility index (Phi) is 5.10. The average Bonchev–Trinajstić information content (AvgIpc) is 2.29. The average molecular weight is 213 g/mol. The minimum Gasteiger partial charge on any atom is -0.359 e. The Morgan fingerprint density at radius 2 is 2.00 bits per heavy atom. The van der Waals surface area contributed by atoms with Gasteiger partial charge in [0.15, 0.2) is 0 Å². The van der Waals surface area contributed by atoms with Gasteiger partial charge in [-0.25, -0.2) is 0 Å². The van der Waals surface area contributed by atoms with Gasteiger partial charge in [-0.05, 0) is 25.9 Å². The van der Waals surface area contributed by atoms with Gasteiger partial charge in [0.1, 0.15) is 0 Å². The Morgan fingerprint density at radius 1 is 1.33 bits per heavy atom. The van der Waals surface area contributed by atoms with Gasteiger partial charge in [-0.3, -0.25) is 9.59 Å². The standard InChI is InChI=1S/C10H19N3O2/c1-11-9(14)4-7-13-10(15)8-2-5-12-6-3-8/h8,12H,2-7H2,1H3,(H,11,14)(H,13,15). The van der Waals surface area contributed by atoms with Crippen LogP contribution in [0.4, 0.5) is 0 Å². The molecule has 0 saturated carbocycles. The first-order chi connectivity index (χ1) is 7.24. The van der Waals surface area contributed by atoms with Crippen LogP contribution in [0.3, 0.4) is 0 Å². The molecule has 1 rings (SSSR count). The fourth-order valence-electron chi connectivity index (χ4n) is 1.65. The monoisotopic (exact) mass is 213 g/mol. The fraction of sp³-hybridized carbons (Fsp3) is 0.800. The van der Waals surface area contributed by atoms with Crippen LogP contribution in [0.5, 0.6) is 0 Å². The molecule has 0 aliphatic carbocycles. The van der Waals surface area contributed by atoms with Crippen molar-refractivity contribution in [2.75, 3.05) is 26.7 Å². The van der Waals surface area contributed by atoms with Crippen molar-refractivity contribution in [1.82, 2.24) is 16.0 Å². The van der Waals surface area contributed by atoms with E-state index in [-0.39, 0.29) is 17.7 Å². The molecule has 86 valence electrons. The smallest absolute Gasteiger partial charge is 0.223 e. The highest BCUT2D eigenvalue weighted by atomic mass is 16.2. The van der Waals surface area contributed by atoms with Gasteiger partial charge in [0, 0.05) is 25.9 Å². The largest absolute Gasteiger partial charge is 0.359 e. The summed E-state index contributed by atoms with van der Waals surface area (Å²) in [7, 11) is 1.59. The minimum absolute atomic E-state index is 0.0411. The molecule has 2 amide bonds. The lowest BCUT2D eigenvalue weighted by atomic mass is 9.97. The molecule has 1 aliphatic rings. The first-order valence-electron chi connectivity index (χ1n) is 5.43. The van der Waals surface area contributed by atoms with Crippen molar-refractivity contribution in [2.24, 2.45) is 5.92 Å². The lowest BCUT2D eigenvalue weighted by Gasteiger charge is -2.21.